The molecule has 0 atom stereocenters. The minimum atomic E-state index is -0.113. The molecule has 1 aromatic heterocycles. The molecule has 0 radical (unpaired) electrons. The number of piperidine rings is 1. The van der Waals surface area contributed by atoms with E-state index in [1.807, 2.05) is 23.6 Å². The van der Waals surface area contributed by atoms with Gasteiger partial charge in [0.1, 0.15) is 5.75 Å². The maximum absolute atomic E-state index is 12.3. The summed E-state index contributed by atoms with van der Waals surface area (Å²) in [6.45, 7) is 2.84. The molecule has 3 rings (SSSR count). The lowest BCUT2D eigenvalue weighted by molar-refractivity contribution is -0.122. The van der Waals surface area contributed by atoms with Crippen molar-refractivity contribution >= 4 is 23.2 Å². The van der Waals surface area contributed by atoms with Gasteiger partial charge in [-0.15, -0.1) is 11.3 Å². The number of likely N-dealkylation sites (N-methyl/N-ethyl adjacent to an activating group) is 1. The van der Waals surface area contributed by atoms with Crippen molar-refractivity contribution in [2.24, 2.45) is 0 Å². The van der Waals surface area contributed by atoms with Gasteiger partial charge in [0.05, 0.1) is 18.5 Å². The Labute approximate surface area is 170 Å². The first-order valence-electron chi connectivity index (χ1n) is 9.49. The van der Waals surface area contributed by atoms with Crippen LogP contribution >= 0.6 is 11.3 Å². The number of hydrogen-bond acceptors (Lipinski definition) is 5. The van der Waals surface area contributed by atoms with Crippen LogP contribution in [0.1, 0.15) is 28.1 Å². The molecule has 7 heteroatoms. The highest BCUT2D eigenvalue weighted by Crippen LogP contribution is 2.18. The molecular weight excluding hydrogens is 374 g/mol. The van der Waals surface area contributed by atoms with Gasteiger partial charge in [-0.1, -0.05) is 18.2 Å². The number of thiophene rings is 1. The van der Waals surface area contributed by atoms with E-state index in [-0.39, 0.29) is 24.4 Å². The Morgan fingerprint density at radius 1 is 1.25 bits per heavy atom. The van der Waals surface area contributed by atoms with Gasteiger partial charge in [0.2, 0.25) is 5.91 Å². The molecule has 1 aromatic carbocycles. The first kappa shape index (κ1) is 20.4. The van der Waals surface area contributed by atoms with Crippen molar-refractivity contribution < 1.29 is 14.3 Å². The smallest absolute Gasteiger partial charge is 0.264 e. The predicted octanol–water partition coefficient (Wildman–Crippen LogP) is 2.61. The number of likely N-dealkylation sites (tertiary alicyclic amines) is 1. The van der Waals surface area contributed by atoms with Crippen molar-refractivity contribution in [1.29, 1.82) is 0 Å². The Kier molecular flexibility index (Phi) is 7.06. The third kappa shape index (κ3) is 5.56. The second kappa shape index (κ2) is 9.71. The zero-order valence-corrected chi connectivity index (χ0v) is 17.2. The summed E-state index contributed by atoms with van der Waals surface area (Å²) in [7, 11) is 3.34. The van der Waals surface area contributed by atoms with Crippen LogP contribution in [0.4, 0.5) is 0 Å². The quantitative estimate of drug-likeness (QED) is 0.775. The molecule has 0 bridgehead atoms. The van der Waals surface area contributed by atoms with Gasteiger partial charge in [0, 0.05) is 32.7 Å². The Bertz CT molecular complexity index is 786. The SMILES string of the molecule is COc1cccc(CN2CCC(NC(=O)CN(C)C(=O)c3cccs3)CC2)c1. The van der Waals surface area contributed by atoms with E-state index in [0.29, 0.717) is 4.88 Å². The molecule has 6 nitrogen and oxygen atoms in total. The number of benzene rings is 1. The Morgan fingerprint density at radius 2 is 2.04 bits per heavy atom. The number of nitrogens with zero attached hydrogens (tertiary/aromatic N) is 2. The number of carbonyl (C=O) groups excluding carboxylic acids is 2. The number of ether oxygens (including phenoxy) is 1. The number of nitrogens with one attached hydrogen (secondary N) is 1. The highest BCUT2D eigenvalue weighted by molar-refractivity contribution is 7.12. The van der Waals surface area contributed by atoms with E-state index in [4.69, 9.17) is 4.74 Å². The summed E-state index contributed by atoms with van der Waals surface area (Å²) < 4.78 is 5.28. The van der Waals surface area contributed by atoms with Gasteiger partial charge in [-0.05, 0) is 42.0 Å². The van der Waals surface area contributed by atoms with E-state index in [1.165, 1.54) is 21.8 Å². The second-order valence-corrected chi connectivity index (χ2v) is 8.06. The zero-order valence-electron chi connectivity index (χ0n) is 16.4. The van der Waals surface area contributed by atoms with Gasteiger partial charge in [0.25, 0.3) is 5.91 Å². The van der Waals surface area contributed by atoms with Crippen LogP contribution in [-0.4, -0.2) is 61.4 Å². The number of hydrogen-bond donors (Lipinski definition) is 1. The van der Waals surface area contributed by atoms with Crippen LogP contribution in [0.25, 0.3) is 0 Å². The van der Waals surface area contributed by atoms with E-state index in [9.17, 15) is 9.59 Å². The summed E-state index contributed by atoms with van der Waals surface area (Å²) in [5, 5.41) is 4.94. The van der Waals surface area contributed by atoms with E-state index >= 15 is 0 Å². The van der Waals surface area contributed by atoms with Crippen molar-refractivity contribution in [1.82, 2.24) is 15.1 Å². The summed E-state index contributed by atoms with van der Waals surface area (Å²) in [5.74, 6) is 0.665. The van der Waals surface area contributed by atoms with Crippen LogP contribution in [0.5, 0.6) is 5.75 Å². The average molecular weight is 402 g/mol. The molecule has 1 fully saturated rings. The first-order chi connectivity index (χ1) is 13.5. The molecule has 2 amide bonds. The summed E-state index contributed by atoms with van der Waals surface area (Å²) in [4.78, 5) is 29.1. The molecule has 0 spiro atoms. The topological polar surface area (TPSA) is 61.9 Å². The Hall–Kier alpha value is -2.38. The fourth-order valence-electron chi connectivity index (χ4n) is 3.41. The number of rotatable bonds is 7. The minimum absolute atomic E-state index is 0.0841. The van der Waals surface area contributed by atoms with Gasteiger partial charge in [0.15, 0.2) is 0 Å². The Balaban J connectivity index is 1.41. The summed E-state index contributed by atoms with van der Waals surface area (Å²) >= 11 is 1.39. The maximum Gasteiger partial charge on any atom is 0.264 e. The van der Waals surface area contributed by atoms with Gasteiger partial charge in [-0.2, -0.15) is 0 Å². The highest BCUT2D eigenvalue weighted by Gasteiger charge is 2.22. The lowest BCUT2D eigenvalue weighted by atomic mass is 10.0. The Morgan fingerprint density at radius 3 is 2.71 bits per heavy atom. The van der Waals surface area contributed by atoms with Gasteiger partial charge < -0.3 is 15.0 Å². The van der Waals surface area contributed by atoms with Gasteiger partial charge in [-0.25, -0.2) is 0 Å². The number of amides is 2. The molecule has 0 unspecified atom stereocenters. The van der Waals surface area contributed by atoms with Crippen LogP contribution in [0.3, 0.4) is 0 Å². The van der Waals surface area contributed by atoms with Crippen molar-refractivity contribution in [2.45, 2.75) is 25.4 Å². The predicted molar refractivity (Wildman–Crippen MR) is 111 cm³/mol. The third-order valence-corrected chi connectivity index (χ3v) is 5.81. The third-order valence-electron chi connectivity index (χ3n) is 4.95. The van der Waals surface area contributed by atoms with Gasteiger partial charge in [-0.3, -0.25) is 14.5 Å². The zero-order chi connectivity index (χ0) is 19.9. The van der Waals surface area contributed by atoms with Crippen molar-refractivity contribution in [3.8, 4) is 5.75 Å². The van der Waals surface area contributed by atoms with E-state index < -0.39 is 0 Å². The molecule has 2 heterocycles. The van der Waals surface area contributed by atoms with Crippen LogP contribution in [0.15, 0.2) is 41.8 Å². The van der Waals surface area contributed by atoms with Crippen molar-refractivity contribution in [2.75, 3.05) is 33.8 Å². The normalized spacial score (nSPS) is 15.2. The van der Waals surface area contributed by atoms with Crippen molar-refractivity contribution in [3.63, 3.8) is 0 Å². The fraction of sp³-hybridized carbons (Fsp3) is 0.429. The molecule has 0 saturated carbocycles. The largest absolute Gasteiger partial charge is 0.497 e. The molecular formula is C21H27N3O3S. The summed E-state index contributed by atoms with van der Waals surface area (Å²) in [6, 6.07) is 11.9. The van der Waals surface area contributed by atoms with Crippen molar-refractivity contribution in [3.05, 3.63) is 52.2 Å². The molecule has 1 N–H and O–H groups in total. The second-order valence-electron chi connectivity index (χ2n) is 7.11. The highest BCUT2D eigenvalue weighted by atomic mass is 32.1. The molecule has 28 heavy (non-hydrogen) atoms. The van der Waals surface area contributed by atoms with Crippen LogP contribution in [0, 0.1) is 0 Å². The lowest BCUT2D eigenvalue weighted by Crippen LogP contribution is -2.47. The summed E-state index contributed by atoms with van der Waals surface area (Å²) in [6.07, 6.45) is 1.83. The van der Waals surface area contributed by atoms with Crippen LogP contribution in [0.2, 0.25) is 0 Å². The van der Waals surface area contributed by atoms with Crippen LogP contribution < -0.4 is 10.1 Å². The number of methoxy groups -OCH3 is 1. The van der Waals surface area contributed by atoms with E-state index in [2.05, 4.69) is 22.3 Å². The molecule has 1 aliphatic rings. The molecule has 1 aliphatic heterocycles. The maximum atomic E-state index is 12.3. The minimum Gasteiger partial charge on any atom is -0.497 e. The molecule has 0 aliphatic carbocycles. The van der Waals surface area contributed by atoms with Crippen LogP contribution in [-0.2, 0) is 11.3 Å². The molecule has 150 valence electrons. The summed E-state index contributed by atoms with van der Waals surface area (Å²) in [5.41, 5.74) is 1.23. The van der Waals surface area contributed by atoms with E-state index in [0.717, 1.165) is 38.2 Å². The standard InChI is InChI=1S/C21H27N3O3S/c1-23(21(26)19-7-4-12-28-19)15-20(25)22-17-8-10-24(11-9-17)14-16-5-3-6-18(13-16)27-2/h3-7,12-13,17H,8-11,14-15H2,1-2H3,(H,22,25). The van der Waals surface area contributed by atoms with E-state index in [1.54, 1.807) is 20.2 Å². The number of carbonyl (C=O) groups is 2. The monoisotopic (exact) mass is 401 g/mol. The lowest BCUT2D eigenvalue weighted by Gasteiger charge is -2.32. The molecule has 1 saturated heterocycles. The average Bonchev–Trinajstić information content (AvgIpc) is 3.23. The first-order valence-corrected chi connectivity index (χ1v) is 10.4. The van der Waals surface area contributed by atoms with Gasteiger partial charge >= 0.3 is 0 Å². The fourth-order valence-corrected chi connectivity index (χ4v) is 4.13. The molecule has 2 aromatic rings.